The van der Waals surface area contributed by atoms with E-state index in [2.05, 4.69) is 32.7 Å². The minimum atomic E-state index is -0.347. The van der Waals surface area contributed by atoms with E-state index in [0.717, 1.165) is 56.7 Å². The molecule has 5 atom stereocenters. The van der Waals surface area contributed by atoms with Crippen LogP contribution in [0, 0.1) is 17.8 Å². The highest BCUT2D eigenvalue weighted by Crippen LogP contribution is 2.55. The lowest BCUT2D eigenvalue weighted by Crippen LogP contribution is -2.62. The number of hydrogen-bond donors (Lipinski definition) is 3. The van der Waals surface area contributed by atoms with Crippen LogP contribution in [-0.2, 0) is 6.54 Å². The van der Waals surface area contributed by atoms with E-state index < -0.39 is 0 Å². The van der Waals surface area contributed by atoms with E-state index >= 15 is 0 Å². The summed E-state index contributed by atoms with van der Waals surface area (Å²) in [6.45, 7) is 2.56. The molecule has 4 bridgehead atoms. The molecule has 5 aliphatic rings. The van der Waals surface area contributed by atoms with Crippen LogP contribution in [0.5, 0.6) is 0 Å². The molecule has 1 saturated heterocycles. The van der Waals surface area contributed by atoms with Gasteiger partial charge in [0.25, 0.3) is 5.91 Å². The molecule has 3 unspecified atom stereocenters. The lowest BCUT2D eigenvalue weighted by Gasteiger charge is -2.59. The highest BCUT2D eigenvalue weighted by atomic mass is 16.3. The predicted octanol–water partition coefficient (Wildman–Crippen LogP) is 3.51. The number of hydrogen-bond acceptors (Lipinski definition) is 5. The van der Waals surface area contributed by atoms with Crippen LogP contribution in [0.3, 0.4) is 0 Å². The minimum Gasteiger partial charge on any atom is -0.390 e. The van der Waals surface area contributed by atoms with Gasteiger partial charge in [-0.1, -0.05) is 6.07 Å². The topological polar surface area (TPSA) is 77.5 Å². The van der Waals surface area contributed by atoms with Crippen LogP contribution >= 0.6 is 0 Å². The third kappa shape index (κ3) is 4.46. The zero-order valence-corrected chi connectivity index (χ0v) is 19.8. The summed E-state index contributed by atoms with van der Waals surface area (Å²) < 4.78 is 0. The van der Waals surface area contributed by atoms with Crippen LogP contribution in [0.4, 0.5) is 5.69 Å². The molecule has 180 valence electrons. The van der Waals surface area contributed by atoms with Gasteiger partial charge in [0.2, 0.25) is 0 Å². The smallest absolute Gasteiger partial charge is 0.251 e. The van der Waals surface area contributed by atoms with E-state index in [1.165, 1.54) is 18.5 Å². The Hall–Kier alpha value is -2.44. The maximum atomic E-state index is 12.5. The number of pyridine rings is 1. The van der Waals surface area contributed by atoms with Crippen molar-refractivity contribution in [3.8, 4) is 0 Å². The van der Waals surface area contributed by atoms with Crippen LogP contribution in [0.1, 0.15) is 60.9 Å². The van der Waals surface area contributed by atoms with Gasteiger partial charge < -0.3 is 20.6 Å². The van der Waals surface area contributed by atoms with Gasteiger partial charge >= 0.3 is 0 Å². The molecule has 1 aliphatic heterocycles. The Morgan fingerprint density at radius 1 is 1.06 bits per heavy atom. The van der Waals surface area contributed by atoms with Crippen molar-refractivity contribution < 1.29 is 9.90 Å². The molecule has 6 heteroatoms. The van der Waals surface area contributed by atoms with Crippen molar-refractivity contribution in [1.82, 2.24) is 15.6 Å². The Labute approximate surface area is 202 Å². The fourth-order valence-corrected chi connectivity index (χ4v) is 7.44. The van der Waals surface area contributed by atoms with Crippen LogP contribution in [-0.4, -0.2) is 46.8 Å². The highest BCUT2D eigenvalue weighted by Gasteiger charge is 2.54. The molecule has 34 heavy (non-hydrogen) atoms. The Bertz CT molecular complexity index is 987. The van der Waals surface area contributed by atoms with Gasteiger partial charge in [-0.15, -0.1) is 0 Å². The van der Waals surface area contributed by atoms with Gasteiger partial charge in [0.1, 0.15) is 0 Å². The monoisotopic (exact) mass is 460 g/mol. The number of aromatic nitrogens is 1. The summed E-state index contributed by atoms with van der Waals surface area (Å²) in [5.41, 5.74) is 2.53. The molecular weight excluding hydrogens is 424 g/mol. The molecule has 3 N–H and O–H groups in total. The van der Waals surface area contributed by atoms with Crippen LogP contribution in [0.2, 0.25) is 0 Å². The first-order chi connectivity index (χ1) is 16.5. The van der Waals surface area contributed by atoms with Gasteiger partial charge in [0.05, 0.1) is 5.60 Å². The van der Waals surface area contributed by atoms with E-state index in [1.807, 2.05) is 24.3 Å². The molecule has 7 rings (SSSR count). The summed E-state index contributed by atoms with van der Waals surface area (Å²) >= 11 is 0. The van der Waals surface area contributed by atoms with Crippen molar-refractivity contribution in [2.45, 2.75) is 69.2 Å². The second-order valence-electron chi connectivity index (χ2n) is 11.2. The summed E-state index contributed by atoms with van der Waals surface area (Å²) in [5, 5.41) is 17.9. The number of carbonyl (C=O) groups excluding carboxylic acids is 1. The average molecular weight is 461 g/mol. The van der Waals surface area contributed by atoms with E-state index in [-0.39, 0.29) is 11.5 Å². The van der Waals surface area contributed by atoms with Crippen LogP contribution < -0.4 is 15.5 Å². The van der Waals surface area contributed by atoms with Gasteiger partial charge in [-0.05, 0) is 98.6 Å². The molecule has 1 aromatic heterocycles. The van der Waals surface area contributed by atoms with E-state index in [1.54, 1.807) is 12.4 Å². The lowest BCUT2D eigenvalue weighted by atomic mass is 9.52. The molecule has 0 spiro atoms. The van der Waals surface area contributed by atoms with Crippen molar-refractivity contribution in [1.29, 1.82) is 0 Å². The molecule has 4 aliphatic carbocycles. The summed E-state index contributed by atoms with van der Waals surface area (Å²) in [4.78, 5) is 19.0. The molecule has 1 amide bonds. The van der Waals surface area contributed by atoms with Gasteiger partial charge in [-0.25, -0.2) is 0 Å². The standard InChI is InChI=1S/C28H36N4O2/c33-27(30-18-19-2-1-9-29-17-19)21-3-5-25(6-4-21)32-10-7-24(8-11-32)31-26-22-12-20-13-23(26)16-28(34,14-20)15-22/h1-6,9,17,20,22-24,26,31,34H,7-8,10-16,18H2,(H,30,33)/t20?,22-,23+,26?,28?. The van der Waals surface area contributed by atoms with Gasteiger partial charge in [0, 0.05) is 55.4 Å². The third-order valence-corrected chi connectivity index (χ3v) is 8.83. The summed E-state index contributed by atoms with van der Waals surface area (Å²) in [6, 6.07) is 13.0. The largest absolute Gasteiger partial charge is 0.390 e. The first-order valence-electron chi connectivity index (χ1n) is 13.1. The number of rotatable bonds is 6. The maximum absolute atomic E-state index is 12.5. The number of carbonyl (C=O) groups is 1. The number of nitrogens with zero attached hydrogens (tertiary/aromatic N) is 2. The molecule has 2 heterocycles. The quantitative estimate of drug-likeness (QED) is 0.615. The summed E-state index contributed by atoms with van der Waals surface area (Å²) in [6.07, 6.45) is 11.5. The number of aliphatic hydroxyl groups is 1. The SMILES string of the molecule is O=C(NCc1cccnc1)c1ccc(N2CCC(NC3[C@@H]4CC5C[C@H]3CC(O)(C5)C4)CC2)cc1. The number of benzene rings is 1. The van der Waals surface area contributed by atoms with Crippen molar-refractivity contribution in [3.63, 3.8) is 0 Å². The molecule has 6 nitrogen and oxygen atoms in total. The fourth-order valence-electron chi connectivity index (χ4n) is 7.44. The molecule has 4 saturated carbocycles. The first-order valence-corrected chi connectivity index (χ1v) is 13.1. The Balaban J connectivity index is 0.995. The van der Waals surface area contributed by atoms with E-state index in [0.29, 0.717) is 36.0 Å². The normalized spacial score (nSPS) is 32.7. The lowest BCUT2D eigenvalue weighted by molar-refractivity contribution is -0.140. The molecule has 1 aromatic carbocycles. The van der Waals surface area contributed by atoms with Gasteiger partial charge in [0.15, 0.2) is 0 Å². The minimum absolute atomic E-state index is 0.0568. The maximum Gasteiger partial charge on any atom is 0.251 e. The zero-order chi connectivity index (χ0) is 23.1. The van der Waals surface area contributed by atoms with Gasteiger partial charge in [-0.3, -0.25) is 9.78 Å². The van der Waals surface area contributed by atoms with E-state index in [4.69, 9.17) is 0 Å². The number of nitrogens with one attached hydrogen (secondary N) is 2. The second kappa shape index (κ2) is 8.97. The summed E-state index contributed by atoms with van der Waals surface area (Å²) in [5.74, 6) is 2.05. The third-order valence-electron chi connectivity index (χ3n) is 8.83. The Kier molecular flexibility index (Phi) is 5.82. The highest BCUT2D eigenvalue weighted by molar-refractivity contribution is 5.94. The van der Waals surface area contributed by atoms with Crippen molar-refractivity contribution in [3.05, 3.63) is 59.9 Å². The molecule has 2 aromatic rings. The zero-order valence-electron chi connectivity index (χ0n) is 19.8. The van der Waals surface area contributed by atoms with Crippen molar-refractivity contribution in [2.75, 3.05) is 18.0 Å². The Morgan fingerprint density at radius 3 is 2.44 bits per heavy atom. The first kappa shape index (κ1) is 22.1. The number of piperidine rings is 1. The fraction of sp³-hybridized carbons (Fsp3) is 0.571. The number of anilines is 1. The Morgan fingerprint density at radius 2 is 1.79 bits per heavy atom. The average Bonchev–Trinajstić information content (AvgIpc) is 2.85. The van der Waals surface area contributed by atoms with Crippen LogP contribution in [0.15, 0.2) is 48.8 Å². The van der Waals surface area contributed by atoms with E-state index in [9.17, 15) is 9.90 Å². The summed E-state index contributed by atoms with van der Waals surface area (Å²) in [7, 11) is 0. The predicted molar refractivity (Wildman–Crippen MR) is 133 cm³/mol. The molecule has 5 fully saturated rings. The van der Waals surface area contributed by atoms with Crippen molar-refractivity contribution in [2.24, 2.45) is 17.8 Å². The van der Waals surface area contributed by atoms with Crippen molar-refractivity contribution >= 4 is 11.6 Å². The number of amides is 1. The van der Waals surface area contributed by atoms with Crippen LogP contribution in [0.25, 0.3) is 0 Å². The van der Waals surface area contributed by atoms with Gasteiger partial charge in [-0.2, -0.15) is 0 Å². The molecule has 0 radical (unpaired) electrons. The second-order valence-corrected chi connectivity index (χ2v) is 11.2. The molecular formula is C28H36N4O2.